The molecule has 1 heterocycles. The van der Waals surface area contributed by atoms with Gasteiger partial charge in [-0.3, -0.25) is 9.59 Å². The number of aliphatic carboxylic acids is 1. The predicted molar refractivity (Wildman–Crippen MR) is 84.1 cm³/mol. The van der Waals surface area contributed by atoms with Crippen LogP contribution in [0.4, 0.5) is 13.6 Å². The number of rotatable bonds is 5. The Morgan fingerprint density at radius 2 is 1.60 bits per heavy atom. The molecule has 2 rings (SSSR count). The fourth-order valence-electron chi connectivity index (χ4n) is 2.52. The largest absolute Gasteiger partial charge is 0.481 e. The molecule has 0 unspecified atom stereocenters. The topological polar surface area (TPSA) is 89.9 Å². The number of hydrogen-bond donors (Lipinski definition) is 2. The minimum atomic E-state index is -0.929. The number of carboxylic acids is 1. The van der Waals surface area contributed by atoms with E-state index in [1.54, 1.807) is 0 Å². The maximum atomic E-state index is 13.7. The quantitative estimate of drug-likeness (QED) is 0.779. The van der Waals surface area contributed by atoms with Crippen molar-refractivity contribution in [3.05, 3.63) is 35.4 Å². The summed E-state index contributed by atoms with van der Waals surface area (Å²) >= 11 is 0. The highest BCUT2D eigenvalue weighted by Crippen LogP contribution is 2.16. The van der Waals surface area contributed by atoms with Crippen LogP contribution in [0, 0.1) is 11.6 Å². The van der Waals surface area contributed by atoms with E-state index in [-0.39, 0.29) is 45.2 Å². The van der Waals surface area contributed by atoms with Gasteiger partial charge in [0.05, 0.1) is 0 Å². The summed E-state index contributed by atoms with van der Waals surface area (Å²) in [5.41, 5.74) is -0.589. The minimum Gasteiger partial charge on any atom is -0.481 e. The predicted octanol–water partition coefficient (Wildman–Crippen LogP) is 1.30. The second-order valence-corrected chi connectivity index (χ2v) is 5.61. The molecule has 0 atom stereocenters. The number of carboxylic acid groups (broad SMARTS) is 1. The van der Waals surface area contributed by atoms with Gasteiger partial charge in [0.1, 0.15) is 17.2 Å². The van der Waals surface area contributed by atoms with Gasteiger partial charge in [0, 0.05) is 39.1 Å². The van der Waals surface area contributed by atoms with Gasteiger partial charge >= 0.3 is 12.0 Å². The van der Waals surface area contributed by atoms with E-state index in [0.29, 0.717) is 6.42 Å². The lowest BCUT2D eigenvalue weighted by atomic mass is 10.1. The third-order valence-electron chi connectivity index (χ3n) is 3.87. The Balaban J connectivity index is 1.84. The molecule has 1 aliphatic heterocycles. The van der Waals surface area contributed by atoms with Crippen LogP contribution in [0.1, 0.15) is 23.2 Å². The summed E-state index contributed by atoms with van der Waals surface area (Å²) in [5, 5.41) is 11.1. The molecule has 1 fully saturated rings. The number of nitrogens with zero attached hydrogens (tertiary/aromatic N) is 2. The van der Waals surface area contributed by atoms with Gasteiger partial charge in [-0.2, -0.15) is 0 Å². The monoisotopic (exact) mass is 355 g/mol. The lowest BCUT2D eigenvalue weighted by Gasteiger charge is -2.34. The Bertz CT molecular complexity index is 641. The van der Waals surface area contributed by atoms with Gasteiger partial charge in [0.15, 0.2) is 0 Å². The summed E-state index contributed by atoms with van der Waals surface area (Å²) < 4.78 is 27.4. The lowest BCUT2D eigenvalue weighted by Crippen LogP contribution is -2.53. The highest BCUT2D eigenvalue weighted by atomic mass is 19.1. The number of carbonyl (C=O) groups is 3. The van der Waals surface area contributed by atoms with Gasteiger partial charge < -0.3 is 20.2 Å². The van der Waals surface area contributed by atoms with Gasteiger partial charge in [0.2, 0.25) is 0 Å². The van der Waals surface area contributed by atoms with Crippen molar-refractivity contribution in [2.75, 3.05) is 32.7 Å². The molecule has 2 N–H and O–H groups in total. The van der Waals surface area contributed by atoms with Gasteiger partial charge in [0.25, 0.3) is 5.91 Å². The van der Waals surface area contributed by atoms with Crippen molar-refractivity contribution in [2.45, 2.75) is 12.8 Å². The summed E-state index contributed by atoms with van der Waals surface area (Å²) in [6, 6.07) is 2.89. The molecule has 0 spiro atoms. The van der Waals surface area contributed by atoms with E-state index in [9.17, 15) is 23.2 Å². The van der Waals surface area contributed by atoms with E-state index in [1.807, 2.05) is 0 Å². The van der Waals surface area contributed by atoms with Crippen LogP contribution in [0.2, 0.25) is 0 Å². The first-order valence-electron chi connectivity index (χ1n) is 7.88. The van der Waals surface area contributed by atoms with Crippen LogP contribution >= 0.6 is 0 Å². The molecule has 0 bridgehead atoms. The third-order valence-corrected chi connectivity index (χ3v) is 3.87. The van der Waals surface area contributed by atoms with Crippen molar-refractivity contribution in [3.63, 3.8) is 0 Å². The minimum absolute atomic E-state index is 0.0310. The fraction of sp³-hybridized carbons (Fsp3) is 0.438. The van der Waals surface area contributed by atoms with Crippen LogP contribution in [0.15, 0.2) is 18.2 Å². The maximum absolute atomic E-state index is 13.7. The van der Waals surface area contributed by atoms with Crippen molar-refractivity contribution in [1.82, 2.24) is 15.1 Å². The van der Waals surface area contributed by atoms with Crippen LogP contribution in [-0.4, -0.2) is 65.5 Å². The van der Waals surface area contributed by atoms with Crippen LogP contribution in [-0.2, 0) is 4.79 Å². The van der Waals surface area contributed by atoms with Gasteiger partial charge in [-0.25, -0.2) is 13.6 Å². The molecule has 1 aromatic carbocycles. The molecular weight excluding hydrogens is 336 g/mol. The van der Waals surface area contributed by atoms with Crippen LogP contribution < -0.4 is 5.32 Å². The second kappa shape index (κ2) is 8.41. The summed E-state index contributed by atoms with van der Waals surface area (Å²) in [6.45, 7) is 1.02. The van der Waals surface area contributed by atoms with E-state index < -0.39 is 29.1 Å². The number of amides is 3. The van der Waals surface area contributed by atoms with Crippen molar-refractivity contribution in [2.24, 2.45) is 0 Å². The molecular formula is C16H19F2N3O4. The van der Waals surface area contributed by atoms with E-state index in [1.165, 1.54) is 15.9 Å². The van der Waals surface area contributed by atoms with Crippen LogP contribution in [0.5, 0.6) is 0 Å². The first-order chi connectivity index (χ1) is 11.9. The Morgan fingerprint density at radius 1 is 1.04 bits per heavy atom. The molecule has 3 amide bonds. The summed E-state index contributed by atoms with van der Waals surface area (Å²) in [5.74, 6) is -3.49. The van der Waals surface area contributed by atoms with Gasteiger partial charge in [-0.1, -0.05) is 6.07 Å². The zero-order chi connectivity index (χ0) is 18.4. The smallest absolute Gasteiger partial charge is 0.317 e. The zero-order valence-electron chi connectivity index (χ0n) is 13.5. The number of benzene rings is 1. The Labute approximate surface area is 143 Å². The number of halogens is 2. The zero-order valence-corrected chi connectivity index (χ0v) is 13.5. The first kappa shape index (κ1) is 18.6. The summed E-state index contributed by atoms with van der Waals surface area (Å²) in [7, 11) is 0. The molecule has 136 valence electrons. The Kier molecular flexibility index (Phi) is 6.26. The van der Waals surface area contributed by atoms with Gasteiger partial charge in [-0.05, 0) is 18.6 Å². The van der Waals surface area contributed by atoms with Gasteiger partial charge in [-0.15, -0.1) is 0 Å². The highest BCUT2D eigenvalue weighted by molar-refractivity contribution is 5.95. The summed E-state index contributed by atoms with van der Waals surface area (Å²) in [6.07, 6.45) is 0.294. The maximum Gasteiger partial charge on any atom is 0.317 e. The number of urea groups is 1. The molecule has 0 radical (unpaired) electrons. The fourth-order valence-corrected chi connectivity index (χ4v) is 2.52. The molecule has 0 saturated carbocycles. The van der Waals surface area contributed by atoms with Crippen LogP contribution in [0.3, 0.4) is 0 Å². The molecule has 1 aliphatic rings. The average Bonchev–Trinajstić information content (AvgIpc) is 2.58. The molecule has 1 aromatic rings. The molecule has 9 heteroatoms. The van der Waals surface area contributed by atoms with Crippen molar-refractivity contribution in [1.29, 1.82) is 0 Å². The lowest BCUT2D eigenvalue weighted by molar-refractivity contribution is -0.137. The number of hydrogen-bond acceptors (Lipinski definition) is 3. The standard InChI is InChI=1S/C16H19F2N3O4/c17-11-3-1-4-12(18)14(11)15(24)20-7-9-21(10-8-20)16(25)19-6-2-5-13(22)23/h1,3-4H,2,5-10H2,(H,19,25)(H,22,23). The summed E-state index contributed by atoms with van der Waals surface area (Å²) in [4.78, 5) is 37.4. The van der Waals surface area contributed by atoms with E-state index >= 15 is 0 Å². The Hall–Kier alpha value is -2.71. The SMILES string of the molecule is O=C(O)CCCNC(=O)N1CCN(C(=O)c2c(F)cccc2F)CC1. The molecule has 0 aromatic heterocycles. The van der Waals surface area contributed by atoms with Crippen LogP contribution in [0.25, 0.3) is 0 Å². The third kappa shape index (κ3) is 4.88. The number of carbonyl (C=O) groups excluding carboxylic acids is 2. The molecule has 1 saturated heterocycles. The first-order valence-corrected chi connectivity index (χ1v) is 7.88. The van der Waals surface area contributed by atoms with E-state index in [0.717, 1.165) is 12.1 Å². The number of piperazine rings is 1. The Morgan fingerprint density at radius 3 is 2.16 bits per heavy atom. The van der Waals surface area contributed by atoms with E-state index in [2.05, 4.69) is 5.32 Å². The normalized spacial score (nSPS) is 14.3. The van der Waals surface area contributed by atoms with E-state index in [4.69, 9.17) is 5.11 Å². The van der Waals surface area contributed by atoms with Crippen molar-refractivity contribution >= 4 is 17.9 Å². The number of nitrogens with one attached hydrogen (secondary N) is 1. The van der Waals surface area contributed by atoms with Crippen molar-refractivity contribution in [3.8, 4) is 0 Å². The molecule has 25 heavy (non-hydrogen) atoms. The second-order valence-electron chi connectivity index (χ2n) is 5.61. The van der Waals surface area contributed by atoms with Crippen molar-refractivity contribution < 1.29 is 28.3 Å². The average molecular weight is 355 g/mol. The molecule has 0 aliphatic carbocycles. The highest BCUT2D eigenvalue weighted by Gasteiger charge is 2.27. The molecule has 7 nitrogen and oxygen atoms in total.